The molecule has 0 aromatic heterocycles. The van der Waals surface area contributed by atoms with Crippen LogP contribution in [0.2, 0.25) is 0 Å². The standard InChI is InChI=1S/C25H34F3N3O4S/c1-23(2,3)35-22(33)31-13-24(14-31)11-30(12-24)17-8-6-7-16(17)29-21(32)20-18(34-4)9-15(25(26,27)28)10-19(20)36-5/h9-10,16-17H,6-8,11-14H2,1-5H3,(H,29,32)/t16-,17+/m1/s1. The molecule has 1 N–H and O–H groups in total. The average Bonchev–Trinajstić information content (AvgIpc) is 3.16. The summed E-state index contributed by atoms with van der Waals surface area (Å²) >= 11 is 1.09. The second-order valence-corrected chi connectivity index (χ2v) is 11.9. The van der Waals surface area contributed by atoms with E-state index in [1.807, 2.05) is 20.8 Å². The Bertz CT molecular complexity index is 988. The maximum absolute atomic E-state index is 13.3. The van der Waals surface area contributed by atoms with Crippen molar-refractivity contribution in [2.75, 3.05) is 39.5 Å². The van der Waals surface area contributed by atoms with E-state index in [-0.39, 0.29) is 39.8 Å². The van der Waals surface area contributed by atoms with Crippen LogP contribution in [0.1, 0.15) is 56.0 Å². The molecule has 11 heteroatoms. The van der Waals surface area contributed by atoms with Crippen molar-refractivity contribution in [1.82, 2.24) is 15.1 Å². The quantitative estimate of drug-likeness (QED) is 0.561. The van der Waals surface area contributed by atoms with Gasteiger partial charge in [-0.2, -0.15) is 13.2 Å². The van der Waals surface area contributed by atoms with Gasteiger partial charge in [0, 0.05) is 48.6 Å². The molecular formula is C25H34F3N3O4S. The molecule has 1 saturated carbocycles. The number of thioether (sulfide) groups is 1. The van der Waals surface area contributed by atoms with Crippen molar-refractivity contribution in [1.29, 1.82) is 0 Å². The zero-order valence-electron chi connectivity index (χ0n) is 21.3. The van der Waals surface area contributed by atoms with Gasteiger partial charge in [-0.05, 0) is 58.4 Å². The van der Waals surface area contributed by atoms with Gasteiger partial charge in [0.05, 0.1) is 18.2 Å². The highest BCUT2D eigenvalue weighted by atomic mass is 32.2. The summed E-state index contributed by atoms with van der Waals surface area (Å²) in [4.78, 5) is 29.8. The minimum absolute atomic E-state index is 0.0801. The van der Waals surface area contributed by atoms with E-state index in [1.54, 1.807) is 11.2 Å². The average molecular weight is 530 g/mol. The van der Waals surface area contributed by atoms with Crippen LogP contribution in [0.5, 0.6) is 5.75 Å². The summed E-state index contributed by atoms with van der Waals surface area (Å²) in [6.07, 6.45) is -0.464. The molecule has 2 atom stereocenters. The number of nitrogens with zero attached hydrogens (tertiary/aromatic N) is 2. The lowest BCUT2D eigenvalue weighted by atomic mass is 9.72. The van der Waals surface area contributed by atoms with Crippen molar-refractivity contribution in [3.05, 3.63) is 23.3 Å². The van der Waals surface area contributed by atoms with Crippen LogP contribution in [0.15, 0.2) is 17.0 Å². The number of benzene rings is 1. The summed E-state index contributed by atoms with van der Waals surface area (Å²) in [5.74, 6) is -0.502. The lowest BCUT2D eigenvalue weighted by Gasteiger charge is -2.61. The van der Waals surface area contributed by atoms with Gasteiger partial charge in [0.1, 0.15) is 11.4 Å². The number of carbonyl (C=O) groups is 2. The first-order chi connectivity index (χ1) is 16.7. The lowest BCUT2D eigenvalue weighted by molar-refractivity contribution is -0.137. The molecule has 0 bridgehead atoms. The molecule has 7 nitrogen and oxygen atoms in total. The van der Waals surface area contributed by atoms with Crippen LogP contribution in [0, 0.1) is 5.41 Å². The Labute approximate surface area is 214 Å². The third kappa shape index (κ3) is 5.41. The van der Waals surface area contributed by atoms with Gasteiger partial charge >= 0.3 is 12.3 Å². The lowest BCUT2D eigenvalue weighted by Crippen LogP contribution is -2.75. The second kappa shape index (κ2) is 9.63. The van der Waals surface area contributed by atoms with Crippen LogP contribution < -0.4 is 10.1 Å². The van der Waals surface area contributed by atoms with E-state index in [1.165, 1.54) is 7.11 Å². The summed E-state index contributed by atoms with van der Waals surface area (Å²) in [6.45, 7) is 8.59. The van der Waals surface area contributed by atoms with E-state index in [9.17, 15) is 22.8 Å². The van der Waals surface area contributed by atoms with Crippen molar-refractivity contribution in [2.24, 2.45) is 5.41 Å². The fourth-order valence-corrected chi connectivity index (χ4v) is 6.20. The summed E-state index contributed by atoms with van der Waals surface area (Å²) in [5.41, 5.74) is -1.15. The molecule has 1 aliphatic carbocycles. The number of amides is 2. The molecule has 1 aromatic rings. The molecule has 200 valence electrons. The van der Waals surface area contributed by atoms with E-state index in [0.29, 0.717) is 13.1 Å². The maximum atomic E-state index is 13.3. The molecule has 1 aromatic carbocycles. The highest BCUT2D eigenvalue weighted by Crippen LogP contribution is 2.44. The van der Waals surface area contributed by atoms with Gasteiger partial charge in [0.15, 0.2) is 0 Å². The minimum atomic E-state index is -4.53. The summed E-state index contributed by atoms with van der Waals surface area (Å²) in [6, 6.07) is 1.94. The Morgan fingerprint density at radius 2 is 1.78 bits per heavy atom. The molecule has 4 rings (SSSR count). The maximum Gasteiger partial charge on any atom is 0.416 e. The zero-order chi connectivity index (χ0) is 26.5. The number of methoxy groups -OCH3 is 1. The zero-order valence-corrected chi connectivity index (χ0v) is 22.1. The minimum Gasteiger partial charge on any atom is -0.496 e. The molecule has 2 heterocycles. The van der Waals surface area contributed by atoms with Crippen molar-refractivity contribution < 1.29 is 32.2 Å². The Hall–Kier alpha value is -2.14. The third-order valence-corrected chi connectivity index (χ3v) is 7.87. The highest BCUT2D eigenvalue weighted by molar-refractivity contribution is 7.98. The van der Waals surface area contributed by atoms with Gasteiger partial charge in [-0.25, -0.2) is 4.79 Å². The third-order valence-electron chi connectivity index (χ3n) is 7.11. The van der Waals surface area contributed by atoms with Gasteiger partial charge < -0.3 is 19.7 Å². The first-order valence-electron chi connectivity index (χ1n) is 12.1. The van der Waals surface area contributed by atoms with Crippen LogP contribution in [0.3, 0.4) is 0 Å². The van der Waals surface area contributed by atoms with E-state index in [4.69, 9.17) is 9.47 Å². The molecule has 3 fully saturated rings. The monoisotopic (exact) mass is 529 g/mol. The van der Waals surface area contributed by atoms with Gasteiger partial charge in [-0.1, -0.05) is 0 Å². The normalized spacial score (nSPS) is 23.7. The fraction of sp³-hybridized carbons (Fsp3) is 0.680. The number of alkyl halides is 3. The molecule has 36 heavy (non-hydrogen) atoms. The second-order valence-electron chi connectivity index (χ2n) is 11.1. The van der Waals surface area contributed by atoms with Crippen LogP contribution in [-0.2, 0) is 10.9 Å². The van der Waals surface area contributed by atoms with Crippen LogP contribution >= 0.6 is 11.8 Å². The van der Waals surface area contributed by atoms with Gasteiger partial charge in [-0.15, -0.1) is 11.8 Å². The van der Waals surface area contributed by atoms with Crippen molar-refractivity contribution in [3.63, 3.8) is 0 Å². The van der Waals surface area contributed by atoms with Crippen LogP contribution in [-0.4, -0.2) is 79.0 Å². The first-order valence-corrected chi connectivity index (χ1v) is 13.3. The molecular weight excluding hydrogens is 495 g/mol. The van der Waals surface area contributed by atoms with Crippen molar-refractivity contribution in [2.45, 2.75) is 68.8 Å². The predicted octanol–water partition coefficient (Wildman–Crippen LogP) is 4.64. The Kier molecular flexibility index (Phi) is 7.20. The van der Waals surface area contributed by atoms with Gasteiger partial charge in [0.25, 0.3) is 5.91 Å². The van der Waals surface area contributed by atoms with Crippen molar-refractivity contribution in [3.8, 4) is 5.75 Å². The van der Waals surface area contributed by atoms with Gasteiger partial charge in [-0.3, -0.25) is 9.69 Å². The molecule has 3 aliphatic rings. The highest BCUT2D eigenvalue weighted by Gasteiger charge is 2.56. The number of halogens is 3. The van der Waals surface area contributed by atoms with Gasteiger partial charge in [0.2, 0.25) is 0 Å². The van der Waals surface area contributed by atoms with Crippen LogP contribution in [0.4, 0.5) is 18.0 Å². The molecule has 1 spiro atoms. The number of rotatable bonds is 5. The summed E-state index contributed by atoms with van der Waals surface area (Å²) in [7, 11) is 1.27. The molecule has 2 aliphatic heterocycles. The number of hydrogen-bond donors (Lipinski definition) is 1. The summed E-state index contributed by atoms with van der Waals surface area (Å²) in [5, 5.41) is 3.08. The molecule has 2 saturated heterocycles. The topological polar surface area (TPSA) is 71.1 Å². The molecule has 0 radical (unpaired) electrons. The molecule has 0 unspecified atom stereocenters. The van der Waals surface area contributed by atoms with Crippen molar-refractivity contribution >= 4 is 23.8 Å². The predicted molar refractivity (Wildman–Crippen MR) is 130 cm³/mol. The number of ether oxygens (including phenoxy) is 2. The largest absolute Gasteiger partial charge is 0.496 e. The Morgan fingerprint density at radius 1 is 1.11 bits per heavy atom. The number of hydrogen-bond acceptors (Lipinski definition) is 6. The number of likely N-dealkylation sites (tertiary alicyclic amines) is 2. The van der Waals surface area contributed by atoms with E-state index >= 15 is 0 Å². The van der Waals surface area contributed by atoms with E-state index in [2.05, 4.69) is 10.2 Å². The van der Waals surface area contributed by atoms with E-state index < -0.39 is 23.2 Å². The smallest absolute Gasteiger partial charge is 0.416 e. The fourth-order valence-electron chi connectivity index (χ4n) is 5.55. The van der Waals surface area contributed by atoms with Crippen LogP contribution in [0.25, 0.3) is 0 Å². The summed E-state index contributed by atoms with van der Waals surface area (Å²) < 4.78 is 50.6. The Morgan fingerprint density at radius 3 is 2.33 bits per heavy atom. The Balaban J connectivity index is 1.38. The SMILES string of the molecule is COc1cc(C(F)(F)F)cc(SC)c1C(=O)N[C@@H]1CCC[C@@H]1N1CC2(CN(C(=O)OC(C)(C)C)C2)C1. The molecule has 2 amide bonds. The van der Waals surface area contributed by atoms with E-state index in [0.717, 1.165) is 56.2 Å². The number of nitrogens with one attached hydrogen (secondary N) is 1. The number of carbonyl (C=O) groups excluding carboxylic acids is 2. The first kappa shape index (κ1) is 26.9.